The van der Waals surface area contributed by atoms with Crippen LogP contribution in [-0.2, 0) is 14.8 Å². The van der Waals surface area contributed by atoms with Gasteiger partial charge in [-0.05, 0) is 42.0 Å². The molecule has 178 valence electrons. The summed E-state index contributed by atoms with van der Waals surface area (Å²) in [7, 11) is -4.06. The summed E-state index contributed by atoms with van der Waals surface area (Å²) in [4.78, 5) is 12.9. The Labute approximate surface area is 204 Å². The second-order valence-corrected chi connectivity index (χ2v) is 9.45. The molecule has 1 amide bonds. The predicted molar refractivity (Wildman–Crippen MR) is 138 cm³/mol. The van der Waals surface area contributed by atoms with Gasteiger partial charge in [-0.15, -0.1) is 0 Å². The number of hydrazone groups is 1. The normalized spacial score (nSPS) is 11.5. The molecule has 0 fully saturated rings. The standard InChI is InChI=1S/C27H25N3O4S/c1-2-34-26-18-9-8-17-25(26)30(35(32,33)23-14-4-3-5-15-23)20-27(31)29-28-19-22-13-10-12-21-11-6-7-16-24(21)22/h3-19H,2,20H2,1H3,(H,29,31)/b28-19-. The van der Waals surface area contributed by atoms with E-state index in [4.69, 9.17) is 4.74 Å². The first-order valence-electron chi connectivity index (χ1n) is 11.1. The van der Waals surface area contributed by atoms with Crippen molar-refractivity contribution in [2.45, 2.75) is 11.8 Å². The molecule has 0 saturated carbocycles. The lowest BCUT2D eigenvalue weighted by molar-refractivity contribution is -0.119. The molecule has 0 aromatic heterocycles. The van der Waals surface area contributed by atoms with Crippen molar-refractivity contribution in [3.8, 4) is 5.75 Å². The van der Waals surface area contributed by atoms with Crippen LogP contribution in [0, 0.1) is 0 Å². The number of anilines is 1. The van der Waals surface area contributed by atoms with Crippen LogP contribution in [0.15, 0.2) is 107 Å². The fourth-order valence-corrected chi connectivity index (χ4v) is 5.12. The third-order valence-electron chi connectivity index (χ3n) is 5.27. The molecule has 0 spiro atoms. The van der Waals surface area contributed by atoms with E-state index >= 15 is 0 Å². The zero-order valence-corrected chi connectivity index (χ0v) is 20.0. The van der Waals surface area contributed by atoms with Crippen molar-refractivity contribution in [1.29, 1.82) is 0 Å². The van der Waals surface area contributed by atoms with Crippen molar-refractivity contribution >= 4 is 38.6 Å². The molecule has 0 aliphatic carbocycles. The first kappa shape index (κ1) is 24.0. The molecule has 0 saturated heterocycles. The van der Waals surface area contributed by atoms with E-state index in [1.165, 1.54) is 12.1 Å². The minimum atomic E-state index is -4.06. The van der Waals surface area contributed by atoms with Gasteiger partial charge < -0.3 is 4.74 Å². The Morgan fingerprint density at radius 3 is 2.40 bits per heavy atom. The van der Waals surface area contributed by atoms with Crippen LogP contribution in [0.2, 0.25) is 0 Å². The van der Waals surface area contributed by atoms with Gasteiger partial charge in [-0.1, -0.05) is 72.8 Å². The number of para-hydroxylation sites is 2. The van der Waals surface area contributed by atoms with Crippen molar-refractivity contribution in [3.63, 3.8) is 0 Å². The average molecular weight is 488 g/mol. The number of hydrogen-bond acceptors (Lipinski definition) is 5. The van der Waals surface area contributed by atoms with E-state index in [9.17, 15) is 13.2 Å². The maximum Gasteiger partial charge on any atom is 0.264 e. The summed E-state index contributed by atoms with van der Waals surface area (Å²) in [6.45, 7) is 1.67. The molecule has 8 heteroatoms. The van der Waals surface area contributed by atoms with Crippen LogP contribution in [0.1, 0.15) is 12.5 Å². The molecule has 7 nitrogen and oxygen atoms in total. The minimum Gasteiger partial charge on any atom is -0.492 e. The van der Waals surface area contributed by atoms with Gasteiger partial charge in [0.1, 0.15) is 12.3 Å². The lowest BCUT2D eigenvalue weighted by atomic mass is 10.1. The van der Waals surface area contributed by atoms with Crippen molar-refractivity contribution in [2.75, 3.05) is 17.5 Å². The third kappa shape index (κ3) is 5.50. The molecule has 0 atom stereocenters. The Morgan fingerprint density at radius 1 is 0.914 bits per heavy atom. The number of sulfonamides is 1. The summed E-state index contributed by atoms with van der Waals surface area (Å²) in [6, 6.07) is 28.3. The molecule has 0 bridgehead atoms. The van der Waals surface area contributed by atoms with Crippen LogP contribution < -0.4 is 14.5 Å². The first-order valence-corrected chi connectivity index (χ1v) is 12.5. The minimum absolute atomic E-state index is 0.0679. The van der Waals surface area contributed by atoms with Gasteiger partial charge in [-0.3, -0.25) is 9.10 Å². The van der Waals surface area contributed by atoms with E-state index in [1.807, 2.05) is 49.4 Å². The molecule has 0 aliphatic rings. The fraction of sp³-hybridized carbons (Fsp3) is 0.111. The number of fused-ring (bicyclic) bond motifs is 1. The Hall–Kier alpha value is -4.17. The number of ether oxygens (including phenoxy) is 1. The predicted octanol–water partition coefficient (Wildman–Crippen LogP) is 4.58. The van der Waals surface area contributed by atoms with Crippen molar-refractivity contribution in [3.05, 3.63) is 103 Å². The SMILES string of the molecule is CCOc1ccccc1N(CC(=O)N/N=C\c1cccc2ccccc12)S(=O)(=O)c1ccccc1. The van der Waals surface area contributed by atoms with Crippen LogP contribution in [0.5, 0.6) is 5.75 Å². The molecule has 0 heterocycles. The first-order chi connectivity index (χ1) is 17.0. The fourth-order valence-electron chi connectivity index (χ4n) is 3.66. The molecular formula is C27H25N3O4S. The van der Waals surface area contributed by atoms with Crippen LogP contribution in [-0.4, -0.2) is 33.7 Å². The summed E-state index contributed by atoms with van der Waals surface area (Å²) in [5, 5.41) is 6.12. The summed E-state index contributed by atoms with van der Waals surface area (Å²) >= 11 is 0. The van der Waals surface area contributed by atoms with Gasteiger partial charge in [-0.25, -0.2) is 13.8 Å². The maximum absolute atomic E-state index is 13.5. The molecule has 4 aromatic rings. The molecule has 4 aromatic carbocycles. The van der Waals surface area contributed by atoms with E-state index in [-0.39, 0.29) is 10.6 Å². The van der Waals surface area contributed by atoms with E-state index in [2.05, 4.69) is 10.5 Å². The Bertz CT molecular complexity index is 1450. The molecule has 1 N–H and O–H groups in total. The van der Waals surface area contributed by atoms with Gasteiger partial charge in [0.05, 0.1) is 23.4 Å². The van der Waals surface area contributed by atoms with Crippen LogP contribution in [0.3, 0.4) is 0 Å². The number of amides is 1. The number of nitrogens with zero attached hydrogens (tertiary/aromatic N) is 2. The summed E-state index contributed by atoms with van der Waals surface area (Å²) in [5.41, 5.74) is 3.56. The maximum atomic E-state index is 13.5. The van der Waals surface area contributed by atoms with Gasteiger partial charge >= 0.3 is 0 Å². The molecule has 0 aliphatic heterocycles. The lowest BCUT2D eigenvalue weighted by Gasteiger charge is -2.25. The Balaban J connectivity index is 1.61. The highest BCUT2D eigenvalue weighted by molar-refractivity contribution is 7.92. The van der Waals surface area contributed by atoms with Crippen molar-refractivity contribution in [1.82, 2.24) is 5.43 Å². The highest BCUT2D eigenvalue weighted by Crippen LogP contribution is 2.32. The second kappa shape index (κ2) is 10.8. The number of carbonyl (C=O) groups excluding carboxylic acids is 1. The van der Waals surface area contributed by atoms with Crippen molar-refractivity contribution < 1.29 is 17.9 Å². The van der Waals surface area contributed by atoms with Gasteiger partial charge in [0.2, 0.25) is 0 Å². The van der Waals surface area contributed by atoms with Gasteiger partial charge in [0, 0.05) is 5.56 Å². The zero-order chi connectivity index (χ0) is 24.7. The van der Waals surface area contributed by atoms with Crippen LogP contribution >= 0.6 is 0 Å². The average Bonchev–Trinajstić information content (AvgIpc) is 2.88. The number of hydrogen-bond donors (Lipinski definition) is 1. The molecule has 0 radical (unpaired) electrons. The lowest BCUT2D eigenvalue weighted by Crippen LogP contribution is -2.39. The number of nitrogens with one attached hydrogen (secondary N) is 1. The Kier molecular flexibility index (Phi) is 7.42. The Morgan fingerprint density at radius 2 is 1.60 bits per heavy atom. The highest BCUT2D eigenvalue weighted by atomic mass is 32.2. The van der Waals surface area contributed by atoms with E-state index in [0.29, 0.717) is 12.4 Å². The zero-order valence-electron chi connectivity index (χ0n) is 19.2. The molecule has 0 unspecified atom stereocenters. The van der Waals surface area contributed by atoms with E-state index in [1.54, 1.807) is 48.7 Å². The van der Waals surface area contributed by atoms with Crippen LogP contribution in [0.25, 0.3) is 10.8 Å². The monoisotopic (exact) mass is 487 g/mol. The molecular weight excluding hydrogens is 462 g/mol. The van der Waals surface area contributed by atoms with Gasteiger partial charge in [0.15, 0.2) is 0 Å². The largest absolute Gasteiger partial charge is 0.492 e. The topological polar surface area (TPSA) is 88.1 Å². The smallest absolute Gasteiger partial charge is 0.264 e. The molecule has 35 heavy (non-hydrogen) atoms. The quantitative estimate of drug-likeness (QED) is 0.276. The number of benzene rings is 4. The summed E-state index contributed by atoms with van der Waals surface area (Å²) in [6.07, 6.45) is 1.55. The van der Waals surface area contributed by atoms with E-state index in [0.717, 1.165) is 20.6 Å². The van der Waals surface area contributed by atoms with Crippen LogP contribution in [0.4, 0.5) is 5.69 Å². The third-order valence-corrected chi connectivity index (χ3v) is 7.04. The second-order valence-electron chi connectivity index (χ2n) is 7.59. The van der Waals surface area contributed by atoms with Gasteiger partial charge in [-0.2, -0.15) is 5.10 Å². The van der Waals surface area contributed by atoms with Crippen molar-refractivity contribution in [2.24, 2.45) is 5.10 Å². The van der Waals surface area contributed by atoms with Gasteiger partial charge in [0.25, 0.3) is 15.9 Å². The summed E-state index contributed by atoms with van der Waals surface area (Å²) < 4.78 is 33.7. The summed E-state index contributed by atoms with van der Waals surface area (Å²) in [5.74, 6) is -0.228. The van der Waals surface area contributed by atoms with E-state index < -0.39 is 22.5 Å². The number of rotatable bonds is 9. The number of carbonyl (C=O) groups is 1. The molecule has 4 rings (SSSR count). The highest BCUT2D eigenvalue weighted by Gasteiger charge is 2.29.